The van der Waals surface area contributed by atoms with E-state index in [1.165, 1.54) is 4.90 Å². The van der Waals surface area contributed by atoms with Crippen LogP contribution in [0.4, 0.5) is 0 Å². The summed E-state index contributed by atoms with van der Waals surface area (Å²) < 4.78 is 0. The van der Waals surface area contributed by atoms with Crippen LogP contribution in [0, 0.1) is 5.92 Å². The van der Waals surface area contributed by atoms with Crippen LogP contribution in [0.1, 0.15) is 47.3 Å². The maximum Gasteiger partial charge on any atom is 0.266 e. The third kappa shape index (κ3) is 3.71. The first kappa shape index (κ1) is 21.5. The summed E-state index contributed by atoms with van der Waals surface area (Å²) in [6, 6.07) is 26.4. The van der Waals surface area contributed by atoms with Crippen LogP contribution >= 0.6 is 0 Å². The molecular formula is C27H27N3O2. The number of nitrogens with two attached hydrogens (primary N) is 1. The summed E-state index contributed by atoms with van der Waals surface area (Å²) in [7, 11) is 0. The zero-order valence-corrected chi connectivity index (χ0v) is 18.4. The number of nitrogens with zero attached hydrogens (tertiary/aromatic N) is 2. The van der Waals surface area contributed by atoms with Crippen molar-refractivity contribution >= 4 is 17.6 Å². The van der Waals surface area contributed by atoms with Crippen LogP contribution in [0.15, 0.2) is 89.9 Å². The van der Waals surface area contributed by atoms with E-state index >= 15 is 0 Å². The monoisotopic (exact) mass is 425 g/mol. The minimum absolute atomic E-state index is 0.0471. The van der Waals surface area contributed by atoms with Crippen molar-refractivity contribution in [3.8, 4) is 0 Å². The lowest BCUT2D eigenvalue weighted by Gasteiger charge is -2.27. The van der Waals surface area contributed by atoms with Gasteiger partial charge in [-0.25, -0.2) is 4.99 Å². The van der Waals surface area contributed by atoms with Crippen molar-refractivity contribution in [1.82, 2.24) is 4.90 Å². The van der Waals surface area contributed by atoms with E-state index in [1.54, 1.807) is 0 Å². The number of hydrogen-bond donors (Lipinski definition) is 1. The fourth-order valence-electron chi connectivity index (χ4n) is 4.11. The second-order valence-electron chi connectivity index (χ2n) is 8.18. The van der Waals surface area contributed by atoms with Gasteiger partial charge >= 0.3 is 0 Å². The predicted molar refractivity (Wildman–Crippen MR) is 126 cm³/mol. The van der Waals surface area contributed by atoms with Gasteiger partial charge in [-0.15, -0.1) is 0 Å². The van der Waals surface area contributed by atoms with Crippen molar-refractivity contribution in [2.24, 2.45) is 16.6 Å². The van der Waals surface area contributed by atoms with Crippen LogP contribution in [-0.2, 0) is 16.9 Å². The zero-order chi connectivity index (χ0) is 22.7. The van der Waals surface area contributed by atoms with Gasteiger partial charge in [0.15, 0.2) is 17.3 Å². The third-order valence-electron chi connectivity index (χ3n) is 6.11. The molecule has 1 atom stereocenters. The standard InChI is InChI=1S/C27H27N3O2/c1-3-19(2)24(31)21-12-10-11-20(17-21)18-30-25(32)27(29-26(30)28,22-13-6-4-7-14-22)23-15-8-5-9-16-23/h4-17,19H,3,18H2,1-2H3,(H2,28,29). The molecule has 3 aromatic carbocycles. The maximum absolute atomic E-state index is 13.9. The van der Waals surface area contributed by atoms with Crippen molar-refractivity contribution in [3.63, 3.8) is 0 Å². The van der Waals surface area contributed by atoms with Gasteiger partial charge in [0, 0.05) is 11.5 Å². The number of carbonyl (C=O) groups excluding carboxylic acids is 2. The highest BCUT2D eigenvalue weighted by Crippen LogP contribution is 2.39. The average molecular weight is 426 g/mol. The Morgan fingerprint density at radius 2 is 1.56 bits per heavy atom. The Morgan fingerprint density at radius 1 is 0.969 bits per heavy atom. The molecule has 0 radical (unpaired) electrons. The smallest absolute Gasteiger partial charge is 0.266 e. The summed E-state index contributed by atoms with van der Waals surface area (Å²) >= 11 is 0. The first-order valence-corrected chi connectivity index (χ1v) is 10.9. The average Bonchev–Trinajstić information content (AvgIpc) is 3.10. The van der Waals surface area contributed by atoms with Crippen molar-refractivity contribution in [1.29, 1.82) is 0 Å². The van der Waals surface area contributed by atoms with Crippen LogP contribution in [0.5, 0.6) is 0 Å². The largest absolute Gasteiger partial charge is 0.369 e. The molecule has 5 nitrogen and oxygen atoms in total. The molecule has 2 N–H and O–H groups in total. The normalized spacial score (nSPS) is 16.0. The van der Waals surface area contributed by atoms with Crippen LogP contribution in [-0.4, -0.2) is 22.5 Å². The van der Waals surface area contributed by atoms with E-state index in [0.717, 1.165) is 23.1 Å². The molecule has 162 valence electrons. The second kappa shape index (κ2) is 8.79. The first-order valence-electron chi connectivity index (χ1n) is 10.9. The highest BCUT2D eigenvalue weighted by atomic mass is 16.2. The molecule has 0 saturated heterocycles. The Kier molecular flexibility index (Phi) is 5.91. The molecule has 0 fully saturated rings. The van der Waals surface area contributed by atoms with Gasteiger partial charge < -0.3 is 5.73 Å². The number of rotatable bonds is 7. The fourth-order valence-corrected chi connectivity index (χ4v) is 4.11. The Labute approximate surface area is 188 Å². The number of ketones is 1. The molecule has 1 unspecified atom stereocenters. The molecular weight excluding hydrogens is 398 g/mol. The zero-order valence-electron chi connectivity index (χ0n) is 18.4. The van der Waals surface area contributed by atoms with Gasteiger partial charge in [0.2, 0.25) is 0 Å². The minimum atomic E-state index is -1.23. The third-order valence-corrected chi connectivity index (χ3v) is 6.11. The molecule has 1 heterocycles. The highest BCUT2D eigenvalue weighted by Gasteiger charge is 2.50. The molecule has 1 aliphatic rings. The molecule has 32 heavy (non-hydrogen) atoms. The summed E-state index contributed by atoms with van der Waals surface area (Å²) in [5.41, 5.74) is 8.12. The molecule has 0 spiro atoms. The Bertz CT molecular complexity index is 1120. The van der Waals surface area contributed by atoms with Gasteiger partial charge in [0.25, 0.3) is 5.91 Å². The molecule has 0 bridgehead atoms. The lowest BCUT2D eigenvalue weighted by molar-refractivity contribution is -0.130. The molecule has 5 heteroatoms. The van der Waals surface area contributed by atoms with E-state index in [9.17, 15) is 9.59 Å². The number of hydrogen-bond acceptors (Lipinski definition) is 4. The number of benzene rings is 3. The number of Topliss-reactive ketones (excluding diaryl/α,β-unsaturated/α-hetero) is 1. The van der Waals surface area contributed by atoms with E-state index in [1.807, 2.05) is 98.8 Å². The van der Waals surface area contributed by atoms with Crippen molar-refractivity contribution < 1.29 is 9.59 Å². The lowest BCUT2D eigenvalue weighted by atomic mass is 9.83. The molecule has 0 aliphatic carbocycles. The topological polar surface area (TPSA) is 75.8 Å². The van der Waals surface area contributed by atoms with Crippen LogP contribution < -0.4 is 5.73 Å². The fraction of sp³-hybridized carbons (Fsp3) is 0.222. The number of aliphatic imine (C=N–C) groups is 1. The van der Waals surface area contributed by atoms with Gasteiger partial charge in [0.1, 0.15) is 0 Å². The van der Waals surface area contributed by atoms with E-state index in [4.69, 9.17) is 10.7 Å². The van der Waals surface area contributed by atoms with Crippen molar-refractivity contribution in [3.05, 3.63) is 107 Å². The lowest BCUT2D eigenvalue weighted by Crippen LogP contribution is -2.43. The summed E-state index contributed by atoms with van der Waals surface area (Å²) in [6.45, 7) is 4.17. The second-order valence-corrected chi connectivity index (χ2v) is 8.18. The SMILES string of the molecule is CCC(C)C(=O)c1cccc(CN2C(=O)C(c3ccccc3)(c3ccccc3)N=C2N)c1. The molecule has 1 amide bonds. The van der Waals surface area contributed by atoms with Gasteiger partial charge in [-0.05, 0) is 29.2 Å². The number of guanidine groups is 1. The Balaban J connectivity index is 1.71. The summed E-state index contributed by atoms with van der Waals surface area (Å²) in [5, 5.41) is 0. The molecule has 0 aromatic heterocycles. The predicted octanol–water partition coefficient (Wildman–Crippen LogP) is 4.52. The summed E-state index contributed by atoms with van der Waals surface area (Å²) in [4.78, 5) is 32.7. The highest BCUT2D eigenvalue weighted by molar-refractivity contribution is 6.09. The molecule has 1 aliphatic heterocycles. The Hall–Kier alpha value is -3.73. The van der Waals surface area contributed by atoms with Crippen LogP contribution in [0.2, 0.25) is 0 Å². The molecule has 0 saturated carbocycles. The summed E-state index contributed by atoms with van der Waals surface area (Å²) in [5.74, 6) is 0.0215. The van der Waals surface area contributed by atoms with Gasteiger partial charge in [-0.3, -0.25) is 14.5 Å². The molecule has 4 rings (SSSR count). The van der Waals surface area contributed by atoms with E-state index in [0.29, 0.717) is 5.56 Å². The quantitative estimate of drug-likeness (QED) is 0.566. The Morgan fingerprint density at radius 3 is 2.12 bits per heavy atom. The minimum Gasteiger partial charge on any atom is -0.369 e. The van der Waals surface area contributed by atoms with E-state index < -0.39 is 5.54 Å². The van der Waals surface area contributed by atoms with Crippen molar-refractivity contribution in [2.75, 3.05) is 0 Å². The van der Waals surface area contributed by atoms with Gasteiger partial charge in [-0.2, -0.15) is 0 Å². The first-order chi connectivity index (χ1) is 15.5. The van der Waals surface area contributed by atoms with Gasteiger partial charge in [0.05, 0.1) is 6.54 Å². The molecule has 3 aromatic rings. The van der Waals surface area contributed by atoms with E-state index in [2.05, 4.69) is 0 Å². The summed E-state index contributed by atoms with van der Waals surface area (Å²) in [6.07, 6.45) is 0.782. The van der Waals surface area contributed by atoms with E-state index in [-0.39, 0.29) is 30.1 Å². The van der Waals surface area contributed by atoms with Crippen LogP contribution in [0.3, 0.4) is 0 Å². The van der Waals surface area contributed by atoms with Gasteiger partial charge in [-0.1, -0.05) is 92.7 Å². The maximum atomic E-state index is 13.9. The van der Waals surface area contributed by atoms with Crippen molar-refractivity contribution in [2.45, 2.75) is 32.4 Å². The number of carbonyl (C=O) groups is 2. The van der Waals surface area contributed by atoms with Crippen LogP contribution in [0.25, 0.3) is 0 Å². The number of amides is 1.